The third-order valence-electron chi connectivity index (χ3n) is 2.01. The van der Waals surface area contributed by atoms with E-state index in [4.69, 9.17) is 4.74 Å². The molecule has 0 amide bonds. The molecule has 0 aliphatic carbocycles. The molecule has 1 aliphatic rings. The van der Waals surface area contributed by atoms with Crippen molar-refractivity contribution in [3.05, 3.63) is 35.1 Å². The van der Waals surface area contributed by atoms with Gasteiger partial charge in [-0.3, -0.25) is 0 Å². The lowest BCUT2D eigenvalue weighted by Crippen LogP contribution is -2.09. The molecule has 0 N–H and O–H groups in total. The van der Waals surface area contributed by atoms with Crippen LogP contribution in [0.25, 0.3) is 0 Å². The van der Waals surface area contributed by atoms with Crippen LogP contribution < -0.4 is 0 Å². The Hall–Kier alpha value is -1.10. The monoisotopic (exact) mass is 206 g/mol. The fourth-order valence-corrected chi connectivity index (χ4v) is 1.25. The Bertz CT molecular complexity index is 354. The molecule has 1 saturated heterocycles. The zero-order valence-corrected chi connectivity index (χ0v) is 6.94. The minimum absolute atomic E-state index is 0.0141. The smallest absolute Gasteiger partial charge is 0.368 e. The molecule has 2 rings (SSSR count). The second-order valence-electron chi connectivity index (χ2n) is 3.03. The highest BCUT2D eigenvalue weighted by Crippen LogP contribution is 2.37. The Morgan fingerprint density at radius 3 is 2.43 bits per heavy atom. The molecule has 0 radical (unpaired) electrons. The summed E-state index contributed by atoms with van der Waals surface area (Å²) in [5.41, 5.74) is -1.25. The van der Waals surface area contributed by atoms with Crippen molar-refractivity contribution in [2.75, 3.05) is 6.61 Å². The summed E-state index contributed by atoms with van der Waals surface area (Å²) in [4.78, 5) is 0. The summed E-state index contributed by atoms with van der Waals surface area (Å²) in [6, 6.07) is 3.21. The number of hydrogen-bond donors (Lipinski definition) is 0. The van der Waals surface area contributed by atoms with E-state index in [0.29, 0.717) is 0 Å². The van der Waals surface area contributed by atoms with Crippen molar-refractivity contribution in [2.45, 2.75) is 12.3 Å². The summed E-state index contributed by atoms with van der Waals surface area (Å²) in [5.74, 6) is -1.22. The van der Waals surface area contributed by atoms with Crippen LogP contribution >= 0.6 is 0 Å². The maximum atomic E-state index is 13.3. The molecule has 1 fully saturated rings. The van der Waals surface area contributed by atoms with Crippen LogP contribution in [0.3, 0.4) is 0 Å². The van der Waals surface area contributed by atoms with Crippen LogP contribution in [0.2, 0.25) is 0 Å². The van der Waals surface area contributed by atoms with Crippen molar-refractivity contribution in [3.63, 3.8) is 0 Å². The first-order valence-corrected chi connectivity index (χ1v) is 3.97. The maximum absolute atomic E-state index is 13.3. The summed E-state index contributed by atoms with van der Waals surface area (Å²) in [5, 5.41) is 0. The molecule has 0 spiro atoms. The fourth-order valence-electron chi connectivity index (χ4n) is 1.25. The molecule has 1 atom stereocenters. The first kappa shape index (κ1) is 9.45. The van der Waals surface area contributed by atoms with Crippen LogP contribution in [-0.4, -0.2) is 6.61 Å². The average molecular weight is 206 g/mol. The largest absolute Gasteiger partial charge is 0.419 e. The summed E-state index contributed by atoms with van der Waals surface area (Å²) < 4.78 is 54.7. The summed E-state index contributed by atoms with van der Waals surface area (Å²) in [7, 11) is 0. The van der Waals surface area contributed by atoms with Crippen molar-refractivity contribution >= 4 is 0 Å². The molecule has 1 aliphatic heterocycles. The second-order valence-corrected chi connectivity index (χ2v) is 3.03. The van der Waals surface area contributed by atoms with E-state index in [1.54, 1.807) is 0 Å². The van der Waals surface area contributed by atoms with E-state index in [-0.39, 0.29) is 12.2 Å². The SMILES string of the molecule is Fc1c([C@H]2CO2)cccc1C(F)(F)F. The molecule has 0 bridgehead atoms. The molecule has 1 nitrogen and oxygen atoms in total. The van der Waals surface area contributed by atoms with Gasteiger partial charge in [-0.25, -0.2) is 4.39 Å². The number of epoxide rings is 1. The molecule has 76 valence electrons. The molecule has 5 heteroatoms. The van der Waals surface area contributed by atoms with Crippen LogP contribution in [0.4, 0.5) is 17.6 Å². The lowest BCUT2D eigenvalue weighted by molar-refractivity contribution is -0.140. The molecular weight excluding hydrogens is 200 g/mol. The highest BCUT2D eigenvalue weighted by atomic mass is 19.4. The van der Waals surface area contributed by atoms with Gasteiger partial charge in [0.25, 0.3) is 0 Å². The second kappa shape index (κ2) is 2.95. The number of halogens is 4. The fraction of sp³-hybridized carbons (Fsp3) is 0.333. The van der Waals surface area contributed by atoms with Gasteiger partial charge in [-0.2, -0.15) is 13.2 Å². The van der Waals surface area contributed by atoms with Gasteiger partial charge in [0, 0.05) is 5.56 Å². The third-order valence-corrected chi connectivity index (χ3v) is 2.01. The lowest BCUT2D eigenvalue weighted by atomic mass is 10.1. The van der Waals surface area contributed by atoms with Gasteiger partial charge in [0.1, 0.15) is 11.9 Å². The standard InChI is InChI=1S/C9H6F4O/c10-8-5(7-4-14-7)2-1-3-6(8)9(11,12)13/h1-3,7H,4H2/t7-/m1/s1. The van der Waals surface area contributed by atoms with Gasteiger partial charge < -0.3 is 4.74 Å². The predicted octanol–water partition coefficient (Wildman–Crippen LogP) is 2.92. The summed E-state index contributed by atoms with van der Waals surface area (Å²) >= 11 is 0. The van der Waals surface area contributed by atoms with Crippen LogP contribution in [-0.2, 0) is 10.9 Å². The molecule has 1 aromatic carbocycles. The van der Waals surface area contributed by atoms with Crippen molar-refractivity contribution in [1.82, 2.24) is 0 Å². The van der Waals surface area contributed by atoms with Crippen molar-refractivity contribution in [2.24, 2.45) is 0 Å². The molecule has 1 aromatic rings. The van der Waals surface area contributed by atoms with E-state index in [9.17, 15) is 17.6 Å². The normalized spacial score (nSPS) is 21.0. The van der Waals surface area contributed by atoms with Crippen LogP contribution in [0.5, 0.6) is 0 Å². The van der Waals surface area contributed by atoms with E-state index in [1.807, 2.05) is 0 Å². The van der Waals surface area contributed by atoms with Crippen LogP contribution in [0, 0.1) is 5.82 Å². The van der Waals surface area contributed by atoms with Gasteiger partial charge in [-0.1, -0.05) is 12.1 Å². The minimum Gasteiger partial charge on any atom is -0.368 e. The summed E-state index contributed by atoms with van der Waals surface area (Å²) in [6.45, 7) is 0.290. The van der Waals surface area contributed by atoms with Crippen LogP contribution in [0.15, 0.2) is 18.2 Å². The minimum atomic E-state index is -4.64. The van der Waals surface area contributed by atoms with Crippen molar-refractivity contribution < 1.29 is 22.3 Å². The van der Waals surface area contributed by atoms with E-state index in [1.165, 1.54) is 12.1 Å². The van der Waals surface area contributed by atoms with Crippen molar-refractivity contribution in [3.8, 4) is 0 Å². The Morgan fingerprint density at radius 2 is 1.93 bits per heavy atom. The number of hydrogen-bond acceptors (Lipinski definition) is 1. The topological polar surface area (TPSA) is 12.5 Å². The number of rotatable bonds is 1. The van der Waals surface area contributed by atoms with Gasteiger partial charge in [-0.15, -0.1) is 0 Å². The molecule has 14 heavy (non-hydrogen) atoms. The molecule has 0 aromatic heterocycles. The van der Waals surface area contributed by atoms with Gasteiger partial charge in [0.15, 0.2) is 0 Å². The zero-order valence-electron chi connectivity index (χ0n) is 6.94. The number of benzene rings is 1. The molecule has 0 saturated carbocycles. The Kier molecular flexibility index (Phi) is 1.99. The van der Waals surface area contributed by atoms with Gasteiger partial charge in [-0.05, 0) is 6.07 Å². The highest BCUT2D eigenvalue weighted by molar-refractivity contribution is 5.31. The number of alkyl halides is 3. The maximum Gasteiger partial charge on any atom is 0.419 e. The van der Waals surface area contributed by atoms with E-state index < -0.39 is 23.7 Å². The van der Waals surface area contributed by atoms with Gasteiger partial charge in [0.2, 0.25) is 0 Å². The first-order chi connectivity index (χ1) is 6.50. The predicted molar refractivity (Wildman–Crippen MR) is 40.1 cm³/mol. The van der Waals surface area contributed by atoms with Gasteiger partial charge in [0.05, 0.1) is 12.2 Å². The quantitative estimate of drug-likeness (QED) is 0.508. The zero-order chi connectivity index (χ0) is 10.3. The molecule has 0 unspecified atom stereocenters. The lowest BCUT2D eigenvalue weighted by Gasteiger charge is -2.09. The van der Waals surface area contributed by atoms with E-state index in [0.717, 1.165) is 6.07 Å². The Morgan fingerprint density at radius 1 is 1.29 bits per heavy atom. The third kappa shape index (κ3) is 1.59. The van der Waals surface area contributed by atoms with E-state index in [2.05, 4.69) is 0 Å². The van der Waals surface area contributed by atoms with Crippen LogP contribution in [0.1, 0.15) is 17.2 Å². The summed E-state index contributed by atoms with van der Waals surface area (Å²) in [6.07, 6.45) is -5.15. The molecule has 1 heterocycles. The Labute approximate surface area is 77.3 Å². The molecular formula is C9H6F4O. The van der Waals surface area contributed by atoms with Crippen molar-refractivity contribution in [1.29, 1.82) is 0 Å². The average Bonchev–Trinajstić information content (AvgIpc) is 2.85. The highest BCUT2D eigenvalue weighted by Gasteiger charge is 2.37. The first-order valence-electron chi connectivity index (χ1n) is 3.97. The Balaban J connectivity index is 2.46. The van der Waals surface area contributed by atoms with Gasteiger partial charge >= 0.3 is 6.18 Å². The van der Waals surface area contributed by atoms with E-state index >= 15 is 0 Å². The number of ether oxygens (including phenoxy) is 1.